The Morgan fingerprint density at radius 2 is 1.76 bits per heavy atom. The number of nitrogens with zero attached hydrogens (tertiary/aromatic N) is 1. The van der Waals surface area contributed by atoms with Crippen molar-refractivity contribution in [1.82, 2.24) is 4.90 Å². The van der Waals surface area contributed by atoms with E-state index in [0.29, 0.717) is 53.0 Å². The number of imide groups is 1. The normalized spacial score (nSPS) is 14.3. The second-order valence-electron chi connectivity index (χ2n) is 9.15. The van der Waals surface area contributed by atoms with E-state index in [4.69, 9.17) is 14.2 Å². The molecule has 3 aromatic rings. The maximum atomic E-state index is 13.1. The molecule has 3 aromatic carbocycles. The summed E-state index contributed by atoms with van der Waals surface area (Å²) in [5.41, 5.74) is 1.42. The Kier molecular flexibility index (Phi) is 9.46. The van der Waals surface area contributed by atoms with E-state index in [1.165, 1.54) is 13.2 Å². The second kappa shape index (κ2) is 13.0. The summed E-state index contributed by atoms with van der Waals surface area (Å²) in [6.07, 6.45) is -3.15. The number of hydrogen-bond acceptors (Lipinski definition) is 7. The van der Waals surface area contributed by atoms with Crippen LogP contribution in [0.15, 0.2) is 65.6 Å². The van der Waals surface area contributed by atoms with Gasteiger partial charge in [0.15, 0.2) is 11.5 Å². The van der Waals surface area contributed by atoms with E-state index in [1.807, 2.05) is 38.1 Å². The summed E-state index contributed by atoms with van der Waals surface area (Å²) in [4.78, 5) is 39.0. The fraction of sp³-hybridized carbons (Fsp3) is 0.233. The molecule has 8 nitrogen and oxygen atoms in total. The molecule has 1 aliphatic rings. The highest BCUT2D eigenvalue weighted by Gasteiger charge is 2.37. The minimum atomic E-state index is -4.64. The summed E-state index contributed by atoms with van der Waals surface area (Å²) in [6, 6.07) is 15.6. The maximum Gasteiger partial charge on any atom is 0.416 e. The fourth-order valence-corrected chi connectivity index (χ4v) is 4.91. The molecule has 0 bridgehead atoms. The van der Waals surface area contributed by atoms with Gasteiger partial charge in [-0.3, -0.25) is 19.3 Å². The predicted molar refractivity (Wildman–Crippen MR) is 152 cm³/mol. The first-order valence-corrected chi connectivity index (χ1v) is 13.6. The Morgan fingerprint density at radius 1 is 1.00 bits per heavy atom. The first kappa shape index (κ1) is 30.5. The van der Waals surface area contributed by atoms with Crippen LogP contribution in [-0.2, 0) is 22.4 Å². The first-order valence-electron chi connectivity index (χ1n) is 12.7. The number of halogens is 3. The molecular formula is C30H27F3N2O6S. The number of carbonyl (C=O) groups excluding carboxylic acids is 3. The smallest absolute Gasteiger partial charge is 0.416 e. The molecule has 1 aliphatic heterocycles. The molecule has 0 spiro atoms. The van der Waals surface area contributed by atoms with Gasteiger partial charge in [0.2, 0.25) is 5.91 Å². The van der Waals surface area contributed by atoms with Crippen molar-refractivity contribution in [1.29, 1.82) is 0 Å². The lowest BCUT2D eigenvalue weighted by Gasteiger charge is -2.16. The number of benzene rings is 3. The molecule has 0 atom stereocenters. The van der Waals surface area contributed by atoms with Gasteiger partial charge in [-0.2, -0.15) is 13.2 Å². The van der Waals surface area contributed by atoms with Crippen LogP contribution in [0.3, 0.4) is 0 Å². The number of anilines is 1. The maximum absolute atomic E-state index is 13.1. The Balaban J connectivity index is 1.46. The van der Waals surface area contributed by atoms with Crippen LogP contribution in [0.2, 0.25) is 0 Å². The first-order chi connectivity index (χ1) is 20.0. The third-order valence-corrected chi connectivity index (χ3v) is 6.93. The van der Waals surface area contributed by atoms with Crippen molar-refractivity contribution >= 4 is 40.6 Å². The Bertz CT molecular complexity index is 1540. The molecule has 3 amide bonds. The standard InChI is InChI=1S/C30H27F3N2O6S/c1-4-40-25-13-19(8-10-24(25)41-17-20-7-5-6-18(2)12-20)14-26-28(37)35(29(38)42-26)16-27(36)34-22-15-21(30(31,32)33)9-11-23(22)39-3/h5-15H,4,16-17H2,1-3H3,(H,34,36)/b26-14-. The number of alkyl halides is 3. The molecule has 1 heterocycles. The van der Waals surface area contributed by atoms with Gasteiger partial charge < -0.3 is 19.5 Å². The van der Waals surface area contributed by atoms with Gasteiger partial charge in [0.05, 0.1) is 29.9 Å². The topological polar surface area (TPSA) is 94.2 Å². The van der Waals surface area contributed by atoms with Gasteiger partial charge in [-0.05, 0) is 73.1 Å². The number of hydrogen-bond donors (Lipinski definition) is 1. The minimum absolute atomic E-state index is 0.0122. The van der Waals surface area contributed by atoms with E-state index in [9.17, 15) is 27.6 Å². The van der Waals surface area contributed by atoms with E-state index in [0.717, 1.165) is 23.3 Å². The van der Waals surface area contributed by atoms with Crippen LogP contribution in [0.5, 0.6) is 17.2 Å². The zero-order chi connectivity index (χ0) is 30.4. The molecule has 0 aromatic heterocycles. The summed E-state index contributed by atoms with van der Waals surface area (Å²) in [7, 11) is 1.24. The number of thioether (sulfide) groups is 1. The van der Waals surface area contributed by atoms with Gasteiger partial charge in [-0.15, -0.1) is 0 Å². The number of amides is 3. The lowest BCUT2D eigenvalue weighted by atomic mass is 10.1. The van der Waals surface area contributed by atoms with Crippen LogP contribution in [0.4, 0.5) is 23.7 Å². The van der Waals surface area contributed by atoms with Gasteiger partial charge >= 0.3 is 6.18 Å². The second-order valence-corrected chi connectivity index (χ2v) is 10.1. The van der Waals surface area contributed by atoms with E-state index < -0.39 is 35.3 Å². The highest BCUT2D eigenvalue weighted by molar-refractivity contribution is 8.18. The number of aryl methyl sites for hydroxylation is 1. The van der Waals surface area contributed by atoms with Gasteiger partial charge in [-0.25, -0.2) is 0 Å². The van der Waals surface area contributed by atoms with Crippen LogP contribution >= 0.6 is 11.8 Å². The molecule has 0 saturated carbocycles. The molecule has 4 rings (SSSR count). The van der Waals surface area contributed by atoms with Crippen LogP contribution in [0.25, 0.3) is 6.08 Å². The van der Waals surface area contributed by atoms with Crippen molar-refractivity contribution < 1.29 is 41.8 Å². The number of carbonyl (C=O) groups is 3. The molecule has 1 saturated heterocycles. The van der Waals surface area contributed by atoms with Crippen LogP contribution in [0, 0.1) is 6.92 Å². The third-order valence-electron chi connectivity index (χ3n) is 6.02. The molecule has 1 fully saturated rings. The summed E-state index contributed by atoms with van der Waals surface area (Å²) in [5.74, 6) is -0.640. The van der Waals surface area contributed by atoms with Gasteiger partial charge in [0, 0.05) is 0 Å². The average molecular weight is 601 g/mol. The molecule has 42 heavy (non-hydrogen) atoms. The highest BCUT2D eigenvalue weighted by Crippen LogP contribution is 2.37. The minimum Gasteiger partial charge on any atom is -0.495 e. The van der Waals surface area contributed by atoms with Crippen molar-refractivity contribution in [3.05, 3.63) is 87.8 Å². The van der Waals surface area contributed by atoms with Crippen LogP contribution in [0.1, 0.15) is 29.2 Å². The molecule has 220 valence electrons. The number of ether oxygens (including phenoxy) is 3. The zero-order valence-electron chi connectivity index (χ0n) is 22.9. The van der Waals surface area contributed by atoms with Gasteiger partial charge in [0.25, 0.3) is 11.1 Å². The van der Waals surface area contributed by atoms with E-state index in [2.05, 4.69) is 5.32 Å². The average Bonchev–Trinajstić information content (AvgIpc) is 3.19. The SMILES string of the molecule is CCOc1cc(/C=C2\SC(=O)N(CC(=O)Nc3cc(C(F)(F)F)ccc3OC)C2=O)ccc1OCc1cccc(C)c1. The molecule has 12 heteroatoms. The summed E-state index contributed by atoms with van der Waals surface area (Å²) >= 11 is 0.644. The van der Waals surface area contributed by atoms with Crippen molar-refractivity contribution in [3.63, 3.8) is 0 Å². The lowest BCUT2D eigenvalue weighted by molar-refractivity contribution is -0.137. The number of nitrogens with one attached hydrogen (secondary N) is 1. The van der Waals surface area contributed by atoms with Crippen molar-refractivity contribution in [2.24, 2.45) is 0 Å². The predicted octanol–water partition coefficient (Wildman–Crippen LogP) is 6.68. The fourth-order valence-electron chi connectivity index (χ4n) is 4.07. The quantitative estimate of drug-likeness (QED) is 0.260. The molecule has 1 N–H and O–H groups in total. The van der Waals surface area contributed by atoms with E-state index >= 15 is 0 Å². The van der Waals surface area contributed by atoms with Crippen LogP contribution < -0.4 is 19.5 Å². The number of methoxy groups -OCH3 is 1. The zero-order valence-corrected chi connectivity index (χ0v) is 23.7. The van der Waals surface area contributed by atoms with Crippen molar-refractivity contribution in [3.8, 4) is 17.2 Å². The van der Waals surface area contributed by atoms with Crippen molar-refractivity contribution in [2.75, 3.05) is 25.6 Å². The Morgan fingerprint density at radius 3 is 2.45 bits per heavy atom. The summed E-state index contributed by atoms with van der Waals surface area (Å²) in [5, 5.41) is 1.60. The lowest BCUT2D eigenvalue weighted by Crippen LogP contribution is -2.36. The summed E-state index contributed by atoms with van der Waals surface area (Å²) < 4.78 is 56.1. The molecule has 0 radical (unpaired) electrons. The molecule has 0 unspecified atom stereocenters. The van der Waals surface area contributed by atoms with Gasteiger partial charge in [0.1, 0.15) is 18.9 Å². The number of rotatable bonds is 10. The van der Waals surface area contributed by atoms with Crippen LogP contribution in [-0.4, -0.2) is 42.2 Å². The Labute approximate surface area is 244 Å². The molecule has 0 aliphatic carbocycles. The van der Waals surface area contributed by atoms with Gasteiger partial charge in [-0.1, -0.05) is 35.9 Å². The monoisotopic (exact) mass is 600 g/mol. The Hall–Kier alpha value is -4.45. The largest absolute Gasteiger partial charge is 0.495 e. The summed E-state index contributed by atoms with van der Waals surface area (Å²) in [6.45, 7) is 3.81. The van der Waals surface area contributed by atoms with E-state index in [1.54, 1.807) is 18.2 Å². The molecular weight excluding hydrogens is 573 g/mol. The third kappa shape index (κ3) is 7.43. The van der Waals surface area contributed by atoms with E-state index in [-0.39, 0.29) is 16.3 Å². The van der Waals surface area contributed by atoms with Crippen molar-refractivity contribution in [2.45, 2.75) is 26.6 Å². The highest BCUT2D eigenvalue weighted by atomic mass is 32.2.